The Bertz CT molecular complexity index is 440. The monoisotopic (exact) mass is 283 g/mol. The molecule has 0 aromatic heterocycles. The van der Waals surface area contributed by atoms with Crippen LogP contribution in [-0.2, 0) is 9.47 Å². The van der Waals surface area contributed by atoms with Crippen LogP contribution in [0, 0.1) is 10.1 Å². The second-order valence-corrected chi connectivity index (χ2v) is 4.18. The van der Waals surface area contributed by atoms with Crippen molar-refractivity contribution in [2.75, 3.05) is 44.5 Å². The number of hydrogen-bond donors (Lipinski definition) is 2. The lowest BCUT2D eigenvalue weighted by Gasteiger charge is -2.16. The highest BCUT2D eigenvalue weighted by Gasteiger charge is 2.19. The topological polar surface area (TPSA) is 85.7 Å². The van der Waals surface area contributed by atoms with Gasteiger partial charge in [-0.25, -0.2) is 0 Å². The molecule has 0 saturated heterocycles. The van der Waals surface area contributed by atoms with Crippen molar-refractivity contribution in [3.63, 3.8) is 0 Å². The molecule has 20 heavy (non-hydrogen) atoms. The van der Waals surface area contributed by atoms with Crippen LogP contribution in [0.2, 0.25) is 0 Å². The van der Waals surface area contributed by atoms with Crippen molar-refractivity contribution in [2.24, 2.45) is 0 Å². The summed E-state index contributed by atoms with van der Waals surface area (Å²) in [5.41, 5.74) is 1.01. The van der Waals surface area contributed by atoms with Crippen LogP contribution in [0.4, 0.5) is 17.1 Å². The molecule has 0 bridgehead atoms. The summed E-state index contributed by atoms with van der Waals surface area (Å²) in [6, 6.07) is 5.14. The molecule has 7 nitrogen and oxygen atoms in total. The van der Waals surface area contributed by atoms with E-state index in [1.54, 1.807) is 32.4 Å². The van der Waals surface area contributed by atoms with Crippen LogP contribution in [0.25, 0.3) is 0 Å². The highest BCUT2D eigenvalue weighted by Crippen LogP contribution is 2.32. The fourth-order valence-electron chi connectivity index (χ4n) is 1.84. The number of nitrogens with zero attached hydrogens (tertiary/aromatic N) is 1. The normalized spacial score (nSPS) is 11.9. The van der Waals surface area contributed by atoms with Gasteiger partial charge in [0.25, 0.3) is 0 Å². The fourth-order valence-corrected chi connectivity index (χ4v) is 1.84. The van der Waals surface area contributed by atoms with Gasteiger partial charge in [-0.1, -0.05) is 6.07 Å². The summed E-state index contributed by atoms with van der Waals surface area (Å²) >= 11 is 0. The molecule has 0 heterocycles. The highest BCUT2D eigenvalue weighted by molar-refractivity contribution is 5.76. The molecule has 112 valence electrons. The third kappa shape index (κ3) is 4.36. The van der Waals surface area contributed by atoms with Gasteiger partial charge in [0, 0.05) is 27.3 Å². The van der Waals surface area contributed by atoms with Gasteiger partial charge in [-0.2, -0.15) is 0 Å². The quantitative estimate of drug-likeness (QED) is 0.533. The zero-order chi connectivity index (χ0) is 15.0. The van der Waals surface area contributed by atoms with Crippen LogP contribution >= 0.6 is 0 Å². The van der Waals surface area contributed by atoms with Crippen LogP contribution in [0.3, 0.4) is 0 Å². The van der Waals surface area contributed by atoms with Gasteiger partial charge in [0.1, 0.15) is 11.4 Å². The summed E-state index contributed by atoms with van der Waals surface area (Å²) in [4.78, 5) is 10.8. The van der Waals surface area contributed by atoms with Crippen molar-refractivity contribution >= 4 is 17.1 Å². The average molecular weight is 283 g/mol. The Morgan fingerprint density at radius 3 is 2.45 bits per heavy atom. The summed E-state index contributed by atoms with van der Waals surface area (Å²) in [6.07, 6.45) is -0.164. The van der Waals surface area contributed by atoms with Gasteiger partial charge in [-0.15, -0.1) is 0 Å². The van der Waals surface area contributed by atoms with E-state index in [1.165, 1.54) is 0 Å². The van der Waals surface area contributed by atoms with Crippen molar-refractivity contribution in [1.82, 2.24) is 0 Å². The lowest BCUT2D eigenvalue weighted by Crippen LogP contribution is -2.26. The van der Waals surface area contributed by atoms with E-state index in [4.69, 9.17) is 9.47 Å². The van der Waals surface area contributed by atoms with E-state index < -0.39 is 4.92 Å². The lowest BCUT2D eigenvalue weighted by molar-refractivity contribution is -0.383. The van der Waals surface area contributed by atoms with Gasteiger partial charge in [0.05, 0.1) is 17.6 Å². The van der Waals surface area contributed by atoms with E-state index in [-0.39, 0.29) is 11.8 Å². The number of benzene rings is 1. The third-order valence-electron chi connectivity index (χ3n) is 2.79. The van der Waals surface area contributed by atoms with Crippen molar-refractivity contribution in [2.45, 2.75) is 13.0 Å². The number of para-hydroxylation sites is 1. The third-order valence-corrected chi connectivity index (χ3v) is 2.79. The van der Waals surface area contributed by atoms with Crippen LogP contribution in [0.1, 0.15) is 6.92 Å². The SMILES string of the molecule is CCNc1cccc(NCC(COC)OC)c1[N+](=O)[O-]. The molecule has 0 fully saturated rings. The second-order valence-electron chi connectivity index (χ2n) is 4.18. The molecule has 0 saturated carbocycles. The first kappa shape index (κ1) is 16.2. The fraction of sp³-hybridized carbons (Fsp3) is 0.538. The molecule has 1 aromatic rings. The largest absolute Gasteiger partial charge is 0.382 e. The smallest absolute Gasteiger partial charge is 0.315 e. The minimum Gasteiger partial charge on any atom is -0.382 e. The van der Waals surface area contributed by atoms with Crippen molar-refractivity contribution < 1.29 is 14.4 Å². The maximum atomic E-state index is 11.2. The molecule has 0 radical (unpaired) electrons. The van der Waals surface area contributed by atoms with Gasteiger partial charge >= 0.3 is 5.69 Å². The van der Waals surface area contributed by atoms with Crippen LogP contribution in [0.5, 0.6) is 0 Å². The Morgan fingerprint density at radius 2 is 1.95 bits per heavy atom. The van der Waals surface area contributed by atoms with Gasteiger partial charge in [-0.05, 0) is 19.1 Å². The van der Waals surface area contributed by atoms with Gasteiger partial charge in [0.15, 0.2) is 0 Å². The van der Waals surface area contributed by atoms with E-state index in [1.807, 2.05) is 6.92 Å². The van der Waals surface area contributed by atoms with Crippen LogP contribution in [0.15, 0.2) is 18.2 Å². The molecule has 0 aliphatic carbocycles. The van der Waals surface area contributed by atoms with Crippen LogP contribution in [-0.4, -0.2) is 44.9 Å². The van der Waals surface area contributed by atoms with E-state index in [9.17, 15) is 10.1 Å². The molecular formula is C13H21N3O4. The minimum atomic E-state index is -0.390. The zero-order valence-corrected chi connectivity index (χ0v) is 12.0. The molecular weight excluding hydrogens is 262 g/mol. The molecule has 0 amide bonds. The second kappa shape index (κ2) is 8.34. The Labute approximate surface area is 118 Å². The number of hydrogen-bond acceptors (Lipinski definition) is 6. The maximum absolute atomic E-state index is 11.2. The summed E-state index contributed by atoms with van der Waals surface area (Å²) in [5, 5.41) is 17.3. The minimum absolute atomic E-state index is 0.0432. The summed E-state index contributed by atoms with van der Waals surface area (Å²) in [7, 11) is 3.16. The molecule has 1 unspecified atom stereocenters. The Morgan fingerprint density at radius 1 is 1.30 bits per heavy atom. The molecule has 2 N–H and O–H groups in total. The summed E-state index contributed by atoms with van der Waals surface area (Å²) < 4.78 is 10.2. The van der Waals surface area contributed by atoms with Crippen molar-refractivity contribution in [3.8, 4) is 0 Å². The number of rotatable bonds is 9. The van der Waals surface area contributed by atoms with Crippen molar-refractivity contribution in [3.05, 3.63) is 28.3 Å². The number of ether oxygens (including phenoxy) is 2. The maximum Gasteiger partial charge on any atom is 0.315 e. The predicted octanol–water partition coefficient (Wildman–Crippen LogP) is 2.10. The number of nitro groups is 1. The molecule has 1 aromatic carbocycles. The predicted molar refractivity (Wildman–Crippen MR) is 78.4 cm³/mol. The average Bonchev–Trinajstić information content (AvgIpc) is 2.43. The summed E-state index contributed by atoms with van der Waals surface area (Å²) in [6.45, 7) is 3.36. The van der Waals surface area contributed by atoms with Crippen LogP contribution < -0.4 is 10.6 Å². The number of methoxy groups -OCH3 is 2. The molecule has 1 atom stereocenters. The number of nitrogens with one attached hydrogen (secondary N) is 2. The number of anilines is 2. The lowest BCUT2D eigenvalue weighted by atomic mass is 10.2. The summed E-state index contributed by atoms with van der Waals surface area (Å²) in [5.74, 6) is 0. The Balaban J connectivity index is 2.88. The Kier molecular flexibility index (Phi) is 6.75. The molecule has 1 rings (SSSR count). The van der Waals surface area contributed by atoms with E-state index in [0.29, 0.717) is 31.1 Å². The standard InChI is InChI=1S/C13H21N3O4/c1-4-14-11-6-5-7-12(13(11)16(17)18)15-8-10(20-3)9-19-2/h5-7,10,14-15H,4,8-9H2,1-3H3. The van der Waals surface area contributed by atoms with Gasteiger partial charge in [-0.3, -0.25) is 10.1 Å². The van der Waals surface area contributed by atoms with Gasteiger partial charge < -0.3 is 20.1 Å². The van der Waals surface area contributed by atoms with E-state index in [0.717, 1.165) is 0 Å². The van der Waals surface area contributed by atoms with E-state index in [2.05, 4.69) is 10.6 Å². The number of nitro benzene ring substituents is 1. The zero-order valence-electron chi connectivity index (χ0n) is 12.0. The first-order chi connectivity index (χ1) is 9.63. The molecule has 0 aliphatic heterocycles. The highest BCUT2D eigenvalue weighted by atomic mass is 16.6. The van der Waals surface area contributed by atoms with Gasteiger partial charge in [0.2, 0.25) is 0 Å². The molecule has 7 heteroatoms. The first-order valence-electron chi connectivity index (χ1n) is 6.40. The van der Waals surface area contributed by atoms with Crippen molar-refractivity contribution in [1.29, 1.82) is 0 Å². The molecule has 0 spiro atoms. The molecule has 0 aliphatic rings. The Hall–Kier alpha value is -1.86. The first-order valence-corrected chi connectivity index (χ1v) is 6.40. The van der Waals surface area contributed by atoms with E-state index >= 15 is 0 Å².